The van der Waals surface area contributed by atoms with Gasteiger partial charge in [-0.25, -0.2) is 4.79 Å². The number of benzene rings is 1. The molecule has 1 unspecified atom stereocenters. The molecular formula is C39H59N5O7. The Balaban J connectivity index is 1.31. The van der Waals surface area contributed by atoms with Crippen molar-refractivity contribution >= 4 is 29.7 Å². The van der Waals surface area contributed by atoms with Gasteiger partial charge in [0.05, 0.1) is 6.04 Å². The molecule has 1 aromatic rings. The van der Waals surface area contributed by atoms with Gasteiger partial charge in [0.15, 0.2) is 6.10 Å². The molecule has 12 nitrogen and oxygen atoms in total. The standard InChI is InChI=1S/C39H59N5O7/c1-4-13-29(34(45)37(48)40-28-20-21-28)41-35(46)31-22-27-18-11-12-19-30(27)44(31)38(49)32(24(2)3)42-36(47)33(26-16-9-6-10-17-26)43-39(50)51-23-25-14-7-5-8-15-25/h5,7-8,14-15,24,26-34,45H,4,6,9-13,16-23H2,1-3H3,(H,40,48)(H,41,46)(H,42,47)(H,43,50)/t27-,29-,30-,31-,32-,33-,34?/m0/s1. The van der Waals surface area contributed by atoms with E-state index in [1.54, 1.807) is 4.90 Å². The number of amides is 5. The highest BCUT2D eigenvalue weighted by atomic mass is 16.5. The first kappa shape index (κ1) is 38.6. The molecule has 4 aliphatic rings. The van der Waals surface area contributed by atoms with E-state index in [1.165, 1.54) is 0 Å². The largest absolute Gasteiger partial charge is 0.445 e. The third-order valence-corrected chi connectivity index (χ3v) is 11.3. The highest BCUT2D eigenvalue weighted by Crippen LogP contribution is 2.40. The summed E-state index contributed by atoms with van der Waals surface area (Å²) in [7, 11) is 0. The number of ether oxygens (including phenoxy) is 1. The maximum Gasteiger partial charge on any atom is 0.408 e. The maximum atomic E-state index is 14.7. The summed E-state index contributed by atoms with van der Waals surface area (Å²) in [6, 6.07) is 5.88. The van der Waals surface area contributed by atoms with Crippen molar-refractivity contribution in [1.29, 1.82) is 0 Å². The van der Waals surface area contributed by atoms with Gasteiger partial charge in [0.2, 0.25) is 17.7 Å². The number of hydrogen-bond acceptors (Lipinski definition) is 7. The highest BCUT2D eigenvalue weighted by molar-refractivity contribution is 5.95. The minimum atomic E-state index is -1.39. The van der Waals surface area contributed by atoms with Crippen molar-refractivity contribution in [3.8, 4) is 0 Å². The van der Waals surface area contributed by atoms with Crippen molar-refractivity contribution in [1.82, 2.24) is 26.2 Å². The van der Waals surface area contributed by atoms with Crippen molar-refractivity contribution < 1.29 is 33.8 Å². The summed E-state index contributed by atoms with van der Waals surface area (Å²) in [6.07, 6.45) is 9.39. The van der Waals surface area contributed by atoms with Gasteiger partial charge in [-0.3, -0.25) is 19.2 Å². The van der Waals surface area contributed by atoms with Gasteiger partial charge in [0.1, 0.15) is 24.7 Å². The van der Waals surface area contributed by atoms with E-state index in [-0.39, 0.29) is 48.3 Å². The Bertz CT molecular complexity index is 1350. The van der Waals surface area contributed by atoms with Gasteiger partial charge in [-0.15, -0.1) is 0 Å². The summed E-state index contributed by atoms with van der Waals surface area (Å²) in [4.78, 5) is 70.3. The summed E-state index contributed by atoms with van der Waals surface area (Å²) in [5, 5.41) is 22.6. The zero-order valence-electron chi connectivity index (χ0n) is 30.6. The molecule has 1 aromatic carbocycles. The zero-order valence-corrected chi connectivity index (χ0v) is 30.6. The number of aliphatic hydroxyl groups excluding tert-OH is 1. The molecule has 5 N–H and O–H groups in total. The highest BCUT2D eigenvalue weighted by Gasteiger charge is 2.50. The molecule has 1 saturated heterocycles. The van der Waals surface area contributed by atoms with Crippen LogP contribution in [-0.2, 0) is 30.5 Å². The number of carbonyl (C=O) groups excluding carboxylic acids is 5. The number of rotatable bonds is 15. The van der Waals surface area contributed by atoms with E-state index in [9.17, 15) is 29.1 Å². The first-order valence-corrected chi connectivity index (χ1v) is 19.5. The van der Waals surface area contributed by atoms with Gasteiger partial charge in [-0.1, -0.05) is 89.6 Å². The third-order valence-electron chi connectivity index (χ3n) is 11.3. The SMILES string of the molecule is CCC[C@H](NC(=O)[C@@H]1C[C@@H]2CCCC[C@@H]2N1C(=O)[C@@H](NC(=O)[C@@H](NC(=O)OCc1ccccc1)C1CCCCC1)C(C)C)C(O)C(=O)NC1CC1. The van der Waals surface area contributed by atoms with Crippen LogP contribution >= 0.6 is 0 Å². The lowest BCUT2D eigenvalue weighted by atomic mass is 9.83. The van der Waals surface area contributed by atoms with Crippen LogP contribution in [-0.4, -0.2) is 82.1 Å². The number of nitrogens with zero attached hydrogens (tertiary/aromatic N) is 1. The Kier molecular flexibility index (Phi) is 13.8. The van der Waals surface area contributed by atoms with Crippen molar-refractivity contribution in [2.24, 2.45) is 17.8 Å². The molecule has 0 spiro atoms. The van der Waals surface area contributed by atoms with Crippen LogP contribution < -0.4 is 21.3 Å². The molecule has 12 heteroatoms. The molecule has 4 fully saturated rings. The molecule has 3 saturated carbocycles. The molecule has 282 valence electrons. The molecule has 7 atom stereocenters. The number of nitrogens with one attached hydrogen (secondary N) is 4. The van der Waals surface area contributed by atoms with Gasteiger partial charge in [0, 0.05) is 12.1 Å². The minimum Gasteiger partial charge on any atom is -0.445 e. The van der Waals surface area contributed by atoms with Crippen LogP contribution in [0, 0.1) is 17.8 Å². The zero-order chi connectivity index (χ0) is 36.5. The predicted molar refractivity (Wildman–Crippen MR) is 192 cm³/mol. The van der Waals surface area contributed by atoms with Gasteiger partial charge in [-0.05, 0) is 74.7 Å². The van der Waals surface area contributed by atoms with Gasteiger partial charge >= 0.3 is 6.09 Å². The molecule has 0 bridgehead atoms. The molecule has 0 radical (unpaired) electrons. The molecule has 51 heavy (non-hydrogen) atoms. The number of alkyl carbamates (subject to hydrolysis) is 1. The Morgan fingerprint density at radius 1 is 0.863 bits per heavy atom. The van der Waals surface area contributed by atoms with Crippen molar-refractivity contribution in [2.75, 3.05) is 0 Å². The lowest BCUT2D eigenvalue weighted by molar-refractivity contribution is -0.146. The molecule has 5 amide bonds. The van der Waals surface area contributed by atoms with E-state index in [1.807, 2.05) is 51.1 Å². The number of hydrogen-bond donors (Lipinski definition) is 5. The van der Waals surface area contributed by atoms with E-state index in [0.29, 0.717) is 19.3 Å². The second kappa shape index (κ2) is 18.2. The summed E-state index contributed by atoms with van der Waals surface area (Å²) in [5.41, 5.74) is 0.832. The number of carbonyl (C=O) groups is 5. The summed E-state index contributed by atoms with van der Waals surface area (Å²) in [5.74, 6) is -1.88. The Morgan fingerprint density at radius 3 is 2.22 bits per heavy atom. The van der Waals surface area contributed by atoms with Gasteiger partial charge < -0.3 is 36.0 Å². The Labute approximate surface area is 302 Å². The second-order valence-corrected chi connectivity index (χ2v) is 15.6. The van der Waals surface area contributed by atoms with E-state index in [4.69, 9.17) is 4.74 Å². The number of likely N-dealkylation sites (tertiary alicyclic amines) is 1. The molecule has 5 rings (SSSR count). The van der Waals surface area contributed by atoms with Crippen LogP contribution in [0.4, 0.5) is 4.79 Å². The lowest BCUT2D eigenvalue weighted by Gasteiger charge is -2.38. The van der Waals surface area contributed by atoms with Gasteiger partial charge in [-0.2, -0.15) is 0 Å². The molecule has 0 aromatic heterocycles. The average Bonchev–Trinajstić information content (AvgIpc) is 3.87. The predicted octanol–water partition coefficient (Wildman–Crippen LogP) is 4.09. The number of aliphatic hydroxyl groups is 1. The van der Waals surface area contributed by atoms with Crippen LogP contribution in [0.15, 0.2) is 30.3 Å². The quantitative estimate of drug-likeness (QED) is 0.183. The summed E-state index contributed by atoms with van der Waals surface area (Å²) < 4.78 is 5.49. The van der Waals surface area contributed by atoms with Crippen molar-refractivity contribution in [3.05, 3.63) is 35.9 Å². The minimum absolute atomic E-state index is 0.0705. The molecule has 3 aliphatic carbocycles. The smallest absolute Gasteiger partial charge is 0.408 e. The molecule has 1 aliphatic heterocycles. The van der Waals surface area contributed by atoms with Crippen LogP contribution in [0.5, 0.6) is 0 Å². The second-order valence-electron chi connectivity index (χ2n) is 15.6. The van der Waals surface area contributed by atoms with Crippen LogP contribution in [0.3, 0.4) is 0 Å². The first-order chi connectivity index (χ1) is 24.6. The van der Waals surface area contributed by atoms with E-state index in [0.717, 1.165) is 76.2 Å². The first-order valence-electron chi connectivity index (χ1n) is 19.5. The van der Waals surface area contributed by atoms with Crippen LogP contribution in [0.25, 0.3) is 0 Å². The summed E-state index contributed by atoms with van der Waals surface area (Å²) in [6.45, 7) is 5.74. The van der Waals surface area contributed by atoms with E-state index >= 15 is 0 Å². The fraction of sp³-hybridized carbons (Fsp3) is 0.718. The van der Waals surface area contributed by atoms with Crippen molar-refractivity contribution in [3.63, 3.8) is 0 Å². The third kappa shape index (κ3) is 10.2. The van der Waals surface area contributed by atoms with Crippen LogP contribution in [0.2, 0.25) is 0 Å². The maximum absolute atomic E-state index is 14.7. The Hall–Kier alpha value is -3.67. The topological polar surface area (TPSA) is 166 Å². The Morgan fingerprint density at radius 2 is 1.55 bits per heavy atom. The van der Waals surface area contributed by atoms with E-state index < -0.39 is 48.2 Å². The van der Waals surface area contributed by atoms with Crippen molar-refractivity contribution in [2.45, 2.75) is 160 Å². The number of fused-ring (bicyclic) bond motifs is 1. The summed E-state index contributed by atoms with van der Waals surface area (Å²) >= 11 is 0. The average molecular weight is 710 g/mol. The molecule has 1 heterocycles. The van der Waals surface area contributed by atoms with E-state index in [2.05, 4.69) is 21.3 Å². The fourth-order valence-electron chi connectivity index (χ4n) is 8.28. The van der Waals surface area contributed by atoms with Gasteiger partial charge in [0.25, 0.3) is 5.91 Å². The lowest BCUT2D eigenvalue weighted by Crippen LogP contribution is -2.61. The fourth-order valence-corrected chi connectivity index (χ4v) is 8.28. The van der Waals surface area contributed by atoms with Crippen LogP contribution in [0.1, 0.15) is 116 Å². The molecular weight excluding hydrogens is 650 g/mol. The normalized spacial score (nSPS) is 24.4. The monoisotopic (exact) mass is 709 g/mol.